The van der Waals surface area contributed by atoms with E-state index in [0.29, 0.717) is 39.6 Å². The molecule has 0 fully saturated rings. The quantitative estimate of drug-likeness (QED) is 0.688. The molecule has 0 bridgehead atoms. The molecule has 0 saturated carbocycles. The zero-order valence-electron chi connectivity index (χ0n) is 11.4. The van der Waals surface area contributed by atoms with Crippen LogP contribution >= 0.6 is 0 Å². The van der Waals surface area contributed by atoms with Crippen LogP contribution in [0.2, 0.25) is 0 Å². The van der Waals surface area contributed by atoms with Crippen LogP contribution in [0.1, 0.15) is 17.5 Å². The molecule has 1 aromatic rings. The maximum atomic E-state index is 5.67. The molecule has 0 aliphatic heterocycles. The number of ether oxygens (including phenoxy) is 3. The van der Waals surface area contributed by atoms with Crippen molar-refractivity contribution >= 4 is 0 Å². The summed E-state index contributed by atoms with van der Waals surface area (Å²) in [6.07, 6.45) is 3.66. The summed E-state index contributed by atoms with van der Waals surface area (Å²) in [6, 6.07) is 6.39. The van der Waals surface area contributed by atoms with E-state index in [0.717, 1.165) is 5.75 Å². The summed E-state index contributed by atoms with van der Waals surface area (Å²) in [6.45, 7) is 3.50. The highest BCUT2D eigenvalue weighted by Crippen LogP contribution is 2.25. The lowest BCUT2D eigenvalue weighted by Crippen LogP contribution is -2.14. The van der Waals surface area contributed by atoms with Crippen molar-refractivity contribution in [2.24, 2.45) is 5.73 Å². The Morgan fingerprint density at radius 2 is 1.63 bits per heavy atom. The van der Waals surface area contributed by atoms with E-state index < -0.39 is 0 Å². The van der Waals surface area contributed by atoms with Gasteiger partial charge in [-0.15, -0.1) is 0 Å². The van der Waals surface area contributed by atoms with Crippen molar-refractivity contribution in [2.45, 2.75) is 19.3 Å². The molecule has 0 spiro atoms. The fourth-order valence-electron chi connectivity index (χ4n) is 2.26. The number of nitrogens with two attached hydrogens (primary N) is 1. The zero-order valence-corrected chi connectivity index (χ0v) is 11.4. The SMILES string of the molecule is NCCOCCOCCOc1ccc2c(c1)CCC2. The van der Waals surface area contributed by atoms with Crippen molar-refractivity contribution in [2.75, 3.05) is 39.6 Å². The van der Waals surface area contributed by atoms with Crippen LogP contribution < -0.4 is 10.5 Å². The van der Waals surface area contributed by atoms with Crippen molar-refractivity contribution in [3.8, 4) is 5.75 Å². The maximum Gasteiger partial charge on any atom is 0.119 e. The third kappa shape index (κ3) is 4.82. The van der Waals surface area contributed by atoms with Crippen molar-refractivity contribution in [3.63, 3.8) is 0 Å². The van der Waals surface area contributed by atoms with E-state index in [-0.39, 0.29) is 0 Å². The molecule has 1 aliphatic rings. The lowest BCUT2D eigenvalue weighted by Gasteiger charge is -2.09. The summed E-state index contributed by atoms with van der Waals surface area (Å²) < 4.78 is 16.3. The largest absolute Gasteiger partial charge is 0.491 e. The van der Waals surface area contributed by atoms with Gasteiger partial charge in [0.1, 0.15) is 12.4 Å². The second-order valence-corrected chi connectivity index (χ2v) is 4.65. The third-order valence-electron chi connectivity index (χ3n) is 3.20. The van der Waals surface area contributed by atoms with Crippen LogP contribution in [-0.4, -0.2) is 39.6 Å². The van der Waals surface area contributed by atoms with Gasteiger partial charge in [0.25, 0.3) is 0 Å². The first-order valence-electron chi connectivity index (χ1n) is 7.00. The molecule has 4 heteroatoms. The number of fused-ring (bicyclic) bond motifs is 1. The molecule has 0 atom stereocenters. The highest BCUT2D eigenvalue weighted by atomic mass is 16.5. The van der Waals surface area contributed by atoms with Gasteiger partial charge in [0.15, 0.2) is 0 Å². The highest BCUT2D eigenvalue weighted by molar-refractivity contribution is 5.38. The maximum absolute atomic E-state index is 5.67. The Balaban J connectivity index is 1.56. The average Bonchev–Trinajstić information content (AvgIpc) is 2.89. The summed E-state index contributed by atoms with van der Waals surface area (Å²) in [5, 5.41) is 0. The van der Waals surface area contributed by atoms with E-state index in [4.69, 9.17) is 19.9 Å². The first kappa shape index (κ1) is 14.3. The molecule has 2 rings (SSSR count). The van der Waals surface area contributed by atoms with Gasteiger partial charge in [-0.1, -0.05) is 6.07 Å². The molecule has 0 aromatic heterocycles. The van der Waals surface area contributed by atoms with Crippen LogP contribution in [0.15, 0.2) is 18.2 Å². The van der Waals surface area contributed by atoms with Gasteiger partial charge in [-0.25, -0.2) is 0 Å². The molecule has 106 valence electrons. The van der Waals surface area contributed by atoms with Crippen molar-refractivity contribution in [1.82, 2.24) is 0 Å². The van der Waals surface area contributed by atoms with Crippen molar-refractivity contribution in [3.05, 3.63) is 29.3 Å². The third-order valence-corrected chi connectivity index (χ3v) is 3.20. The molecule has 1 aliphatic carbocycles. The minimum atomic E-state index is 0.557. The number of rotatable bonds is 9. The summed E-state index contributed by atoms with van der Waals surface area (Å²) in [5.74, 6) is 0.948. The summed E-state index contributed by atoms with van der Waals surface area (Å²) >= 11 is 0. The topological polar surface area (TPSA) is 53.7 Å². The smallest absolute Gasteiger partial charge is 0.119 e. The molecule has 0 radical (unpaired) electrons. The van der Waals surface area contributed by atoms with Crippen molar-refractivity contribution < 1.29 is 14.2 Å². The first-order valence-corrected chi connectivity index (χ1v) is 7.00. The summed E-state index contributed by atoms with van der Waals surface area (Å²) in [5.41, 5.74) is 8.22. The van der Waals surface area contributed by atoms with Gasteiger partial charge in [0.05, 0.1) is 26.4 Å². The molecule has 0 heterocycles. The van der Waals surface area contributed by atoms with Gasteiger partial charge in [-0.2, -0.15) is 0 Å². The Morgan fingerprint density at radius 3 is 2.47 bits per heavy atom. The van der Waals surface area contributed by atoms with Gasteiger partial charge in [0.2, 0.25) is 0 Å². The molecule has 19 heavy (non-hydrogen) atoms. The minimum Gasteiger partial charge on any atom is -0.491 e. The van der Waals surface area contributed by atoms with E-state index in [1.807, 2.05) is 0 Å². The molecule has 0 unspecified atom stereocenters. The van der Waals surface area contributed by atoms with Gasteiger partial charge < -0.3 is 19.9 Å². The Morgan fingerprint density at radius 1 is 0.895 bits per heavy atom. The Hall–Kier alpha value is -1.10. The predicted molar refractivity (Wildman–Crippen MR) is 74.7 cm³/mol. The number of benzene rings is 1. The number of hydrogen-bond acceptors (Lipinski definition) is 4. The Bertz CT molecular complexity index is 382. The molecule has 1 aromatic carbocycles. The minimum absolute atomic E-state index is 0.557. The molecule has 4 nitrogen and oxygen atoms in total. The second-order valence-electron chi connectivity index (χ2n) is 4.65. The van der Waals surface area contributed by atoms with E-state index >= 15 is 0 Å². The monoisotopic (exact) mass is 265 g/mol. The van der Waals surface area contributed by atoms with Crippen LogP contribution in [-0.2, 0) is 22.3 Å². The van der Waals surface area contributed by atoms with Crippen LogP contribution in [0.25, 0.3) is 0 Å². The van der Waals surface area contributed by atoms with Gasteiger partial charge in [0, 0.05) is 6.54 Å². The van der Waals surface area contributed by atoms with Crippen LogP contribution in [0.3, 0.4) is 0 Å². The molecular formula is C15H23NO3. The van der Waals surface area contributed by atoms with E-state index in [1.165, 1.54) is 30.4 Å². The van der Waals surface area contributed by atoms with E-state index in [2.05, 4.69) is 18.2 Å². The predicted octanol–water partition coefficient (Wildman–Crippen LogP) is 1.55. The summed E-state index contributed by atoms with van der Waals surface area (Å²) in [7, 11) is 0. The zero-order chi connectivity index (χ0) is 13.3. The van der Waals surface area contributed by atoms with Crippen LogP contribution in [0, 0.1) is 0 Å². The standard InChI is InChI=1S/C15H23NO3/c16-6-7-17-8-9-18-10-11-19-15-5-4-13-2-1-3-14(13)12-15/h4-5,12H,1-3,6-11,16H2. The molecule has 0 saturated heterocycles. The molecule has 0 amide bonds. The number of hydrogen-bond donors (Lipinski definition) is 1. The number of aryl methyl sites for hydroxylation is 2. The van der Waals surface area contributed by atoms with Gasteiger partial charge >= 0.3 is 0 Å². The second kappa shape index (κ2) is 8.15. The first-order chi connectivity index (χ1) is 9.40. The summed E-state index contributed by atoms with van der Waals surface area (Å²) in [4.78, 5) is 0. The Kier molecular flexibility index (Phi) is 6.14. The van der Waals surface area contributed by atoms with E-state index in [1.54, 1.807) is 0 Å². The lowest BCUT2D eigenvalue weighted by molar-refractivity contribution is 0.0388. The average molecular weight is 265 g/mol. The molecular weight excluding hydrogens is 242 g/mol. The van der Waals surface area contributed by atoms with Gasteiger partial charge in [-0.05, 0) is 42.5 Å². The van der Waals surface area contributed by atoms with Crippen molar-refractivity contribution in [1.29, 1.82) is 0 Å². The van der Waals surface area contributed by atoms with E-state index in [9.17, 15) is 0 Å². The molecule has 2 N–H and O–H groups in total. The highest BCUT2D eigenvalue weighted by Gasteiger charge is 2.10. The fraction of sp³-hybridized carbons (Fsp3) is 0.600. The van der Waals surface area contributed by atoms with Crippen LogP contribution in [0.5, 0.6) is 5.75 Å². The normalized spacial score (nSPS) is 13.5. The van der Waals surface area contributed by atoms with Crippen LogP contribution in [0.4, 0.5) is 0 Å². The lowest BCUT2D eigenvalue weighted by atomic mass is 10.1. The fourth-order valence-corrected chi connectivity index (χ4v) is 2.26. The Labute approximate surface area is 114 Å². The van der Waals surface area contributed by atoms with Gasteiger partial charge in [-0.3, -0.25) is 0 Å².